The summed E-state index contributed by atoms with van der Waals surface area (Å²) in [4.78, 5) is 26.7. The van der Waals surface area contributed by atoms with Crippen LogP contribution in [0.4, 0.5) is 5.69 Å². The van der Waals surface area contributed by atoms with Gasteiger partial charge in [-0.05, 0) is 30.2 Å². The molecule has 3 aromatic carbocycles. The van der Waals surface area contributed by atoms with E-state index in [1.807, 2.05) is 91.9 Å². The van der Waals surface area contributed by atoms with Crippen molar-refractivity contribution in [2.75, 3.05) is 31.5 Å². The lowest BCUT2D eigenvalue weighted by molar-refractivity contribution is -0.938. The molecule has 3 heterocycles. The maximum atomic E-state index is 13.5. The number of anilines is 1. The summed E-state index contributed by atoms with van der Waals surface area (Å²) in [5, 5.41) is 3.36. The van der Waals surface area contributed by atoms with Gasteiger partial charge in [-0.1, -0.05) is 72.8 Å². The van der Waals surface area contributed by atoms with Gasteiger partial charge in [-0.3, -0.25) is 4.79 Å². The van der Waals surface area contributed by atoms with Crippen LogP contribution in [-0.2, 0) is 9.53 Å². The van der Waals surface area contributed by atoms with Crippen molar-refractivity contribution in [1.29, 1.82) is 0 Å². The number of hydrogen-bond donors (Lipinski definition) is 1. The van der Waals surface area contributed by atoms with Crippen LogP contribution in [0.5, 0.6) is 0 Å². The number of fused-ring (bicyclic) bond motifs is 3. The van der Waals surface area contributed by atoms with E-state index >= 15 is 0 Å². The van der Waals surface area contributed by atoms with Crippen molar-refractivity contribution in [2.24, 2.45) is 5.92 Å². The number of piperidine rings is 3. The third kappa shape index (κ3) is 5.15. The van der Waals surface area contributed by atoms with Crippen LogP contribution in [-0.4, -0.2) is 48.5 Å². The summed E-state index contributed by atoms with van der Waals surface area (Å²) in [6.45, 7) is 5.11. The fourth-order valence-electron chi connectivity index (χ4n) is 5.69. The van der Waals surface area contributed by atoms with Crippen molar-refractivity contribution in [3.63, 3.8) is 0 Å². The number of carbonyl (C=O) groups is 2. The zero-order valence-electron chi connectivity index (χ0n) is 20.2. The minimum absolute atomic E-state index is 0.168. The van der Waals surface area contributed by atoms with Crippen LogP contribution in [0.1, 0.15) is 40.4 Å². The molecule has 2 atom stereocenters. The molecule has 2 bridgehead atoms. The summed E-state index contributed by atoms with van der Waals surface area (Å²) in [5.74, 6) is 0.282. The topological polar surface area (TPSA) is 55.4 Å². The molecule has 3 aromatic rings. The Kier molecular flexibility index (Phi) is 6.69. The second-order valence-electron chi connectivity index (χ2n) is 10.0. The van der Waals surface area contributed by atoms with Crippen molar-refractivity contribution >= 4 is 17.4 Å². The molecule has 0 unspecified atom stereocenters. The van der Waals surface area contributed by atoms with Crippen molar-refractivity contribution < 1.29 is 18.8 Å². The third-order valence-electron chi connectivity index (χ3n) is 7.69. The Balaban J connectivity index is 1.32. The molecule has 0 amide bonds. The van der Waals surface area contributed by atoms with E-state index in [4.69, 9.17) is 4.74 Å². The Morgan fingerprint density at radius 1 is 0.914 bits per heavy atom. The zero-order valence-corrected chi connectivity index (χ0v) is 20.2. The number of carbonyl (C=O) groups excluding carboxylic acids is 2. The Morgan fingerprint density at radius 2 is 1.54 bits per heavy atom. The van der Waals surface area contributed by atoms with Crippen molar-refractivity contribution in [3.05, 3.63) is 102 Å². The van der Waals surface area contributed by atoms with Gasteiger partial charge in [0.1, 0.15) is 13.1 Å². The molecule has 3 saturated heterocycles. The molecule has 180 valence electrons. The quantitative estimate of drug-likeness (QED) is 0.280. The third-order valence-corrected chi connectivity index (χ3v) is 7.69. The first-order valence-corrected chi connectivity index (χ1v) is 12.5. The average molecular weight is 470 g/mol. The van der Waals surface area contributed by atoms with Gasteiger partial charge in [-0.15, -0.1) is 0 Å². The van der Waals surface area contributed by atoms with Crippen LogP contribution in [0.3, 0.4) is 0 Å². The molecule has 0 aliphatic carbocycles. The molecule has 0 aromatic heterocycles. The van der Waals surface area contributed by atoms with E-state index in [9.17, 15) is 9.59 Å². The highest BCUT2D eigenvalue weighted by atomic mass is 16.5. The Bertz CT molecular complexity index is 1170. The molecular weight excluding hydrogens is 436 g/mol. The molecule has 0 spiro atoms. The largest absolute Gasteiger partial charge is 0.454 e. The highest BCUT2D eigenvalue weighted by Crippen LogP contribution is 2.37. The van der Waals surface area contributed by atoms with E-state index in [2.05, 4.69) is 5.32 Å². The summed E-state index contributed by atoms with van der Waals surface area (Å²) in [7, 11) is 0. The molecule has 3 aliphatic rings. The van der Waals surface area contributed by atoms with Crippen LogP contribution in [0.2, 0.25) is 0 Å². The number of esters is 1. The van der Waals surface area contributed by atoms with Crippen molar-refractivity contribution in [2.45, 2.75) is 31.9 Å². The standard InChI is InChI=1S/C30H33N2O3/c1-22-10-8-9-15-26(22)27(33)20-32-18-16-23(17-19-32)28(21-32)35-30(34)29(24-11-4-2-5-12-24)31-25-13-6-3-7-14-25/h2-15,23,28-29,31H,16-21H2,1H3/q+1/t23?,28-,29+,32?/m0/s1. The number of ketones is 1. The van der Waals surface area contributed by atoms with Gasteiger partial charge in [0, 0.05) is 30.0 Å². The zero-order chi connectivity index (χ0) is 24.3. The lowest BCUT2D eigenvalue weighted by Crippen LogP contribution is -2.65. The number of ether oxygens (including phenoxy) is 1. The van der Waals surface area contributed by atoms with E-state index < -0.39 is 6.04 Å². The molecule has 3 aliphatic heterocycles. The number of rotatable bonds is 8. The number of benzene rings is 3. The molecule has 35 heavy (non-hydrogen) atoms. The number of para-hydroxylation sites is 1. The van der Waals surface area contributed by atoms with E-state index in [1.165, 1.54) is 0 Å². The number of nitrogens with one attached hydrogen (secondary N) is 1. The molecule has 1 N–H and O–H groups in total. The maximum Gasteiger partial charge on any atom is 0.333 e. The Morgan fingerprint density at radius 3 is 2.23 bits per heavy atom. The van der Waals surface area contributed by atoms with Crippen LogP contribution in [0, 0.1) is 12.8 Å². The molecular formula is C30H33N2O3+. The van der Waals surface area contributed by atoms with Gasteiger partial charge in [0.05, 0.1) is 13.1 Å². The van der Waals surface area contributed by atoms with Crippen LogP contribution < -0.4 is 5.32 Å². The summed E-state index contributed by atoms with van der Waals surface area (Å²) in [5.41, 5.74) is 3.57. The summed E-state index contributed by atoms with van der Waals surface area (Å²) < 4.78 is 6.93. The predicted molar refractivity (Wildman–Crippen MR) is 137 cm³/mol. The molecule has 0 radical (unpaired) electrons. The Labute approximate surface area is 207 Å². The molecule has 0 saturated carbocycles. The monoisotopic (exact) mass is 469 g/mol. The lowest BCUT2D eigenvalue weighted by atomic mass is 9.82. The molecule has 3 fully saturated rings. The van der Waals surface area contributed by atoms with E-state index in [-0.39, 0.29) is 17.9 Å². The van der Waals surface area contributed by atoms with Gasteiger partial charge in [0.25, 0.3) is 0 Å². The Hall–Kier alpha value is -3.44. The minimum atomic E-state index is -0.587. The van der Waals surface area contributed by atoms with Crippen LogP contribution in [0.15, 0.2) is 84.9 Å². The number of hydrogen-bond acceptors (Lipinski definition) is 4. The molecule has 6 rings (SSSR count). The number of aryl methyl sites for hydroxylation is 1. The van der Waals surface area contributed by atoms with E-state index in [0.717, 1.165) is 48.3 Å². The van der Waals surface area contributed by atoms with Crippen LogP contribution >= 0.6 is 0 Å². The normalized spacial score (nSPS) is 23.9. The predicted octanol–water partition coefficient (Wildman–Crippen LogP) is 5.18. The molecule has 5 heteroatoms. The first-order valence-electron chi connectivity index (χ1n) is 12.5. The van der Waals surface area contributed by atoms with Crippen molar-refractivity contribution in [1.82, 2.24) is 0 Å². The van der Waals surface area contributed by atoms with Gasteiger partial charge in [-0.25, -0.2) is 4.79 Å². The summed E-state index contributed by atoms with van der Waals surface area (Å²) in [6, 6.07) is 26.7. The summed E-state index contributed by atoms with van der Waals surface area (Å²) in [6.07, 6.45) is 1.81. The minimum Gasteiger partial charge on any atom is -0.454 e. The number of quaternary nitrogens is 1. The highest BCUT2D eigenvalue weighted by Gasteiger charge is 2.49. The first kappa shape index (κ1) is 23.3. The fourth-order valence-corrected chi connectivity index (χ4v) is 5.69. The van der Waals surface area contributed by atoms with Gasteiger partial charge >= 0.3 is 5.97 Å². The maximum absolute atomic E-state index is 13.5. The lowest BCUT2D eigenvalue weighted by Gasteiger charge is -2.51. The van der Waals surface area contributed by atoms with Crippen LogP contribution in [0.25, 0.3) is 0 Å². The molecule has 5 nitrogen and oxygen atoms in total. The van der Waals surface area contributed by atoms with Gasteiger partial charge in [0.2, 0.25) is 5.78 Å². The highest BCUT2D eigenvalue weighted by molar-refractivity contribution is 5.98. The smallest absolute Gasteiger partial charge is 0.333 e. The second-order valence-corrected chi connectivity index (χ2v) is 10.0. The second kappa shape index (κ2) is 10.0. The van der Waals surface area contributed by atoms with E-state index in [0.29, 0.717) is 23.5 Å². The average Bonchev–Trinajstić information content (AvgIpc) is 2.89. The van der Waals surface area contributed by atoms with Crippen molar-refractivity contribution in [3.8, 4) is 0 Å². The number of nitrogens with zero attached hydrogens (tertiary/aromatic N) is 1. The van der Waals surface area contributed by atoms with Gasteiger partial charge in [0.15, 0.2) is 12.1 Å². The van der Waals surface area contributed by atoms with Gasteiger partial charge in [-0.2, -0.15) is 0 Å². The van der Waals surface area contributed by atoms with E-state index in [1.54, 1.807) is 0 Å². The SMILES string of the molecule is Cc1ccccc1C(=O)C[N+]12CCC(CC1)[C@@H](OC(=O)[C@H](Nc1ccccc1)c1ccccc1)C2. The summed E-state index contributed by atoms with van der Waals surface area (Å²) >= 11 is 0. The van der Waals surface area contributed by atoms with Gasteiger partial charge < -0.3 is 14.5 Å². The number of Topliss-reactive ketones (excluding diaryl/α,β-unsaturated/α-hetero) is 1. The fraction of sp³-hybridized carbons (Fsp3) is 0.333. The first-order chi connectivity index (χ1) is 17.0.